The highest BCUT2D eigenvalue weighted by atomic mass is 127. The van der Waals surface area contributed by atoms with E-state index in [4.69, 9.17) is 4.74 Å². The summed E-state index contributed by atoms with van der Waals surface area (Å²) in [5.74, 6) is -1.69. The Kier molecular flexibility index (Phi) is 6.46. The minimum absolute atomic E-state index is 0.102. The Morgan fingerprint density at radius 3 is 2.59 bits per heavy atom. The Hall–Kier alpha value is -1.97. The van der Waals surface area contributed by atoms with E-state index in [1.807, 2.05) is 0 Å². The molecule has 8 heteroatoms. The molecular weight excluding hydrogens is 463 g/mol. The lowest BCUT2D eigenvalue weighted by atomic mass is 10.0. The zero-order valence-corrected chi connectivity index (χ0v) is 17.0. The molecule has 1 aromatic carbocycles. The molecule has 0 radical (unpaired) electrons. The number of piperidine rings is 1. The number of alkyl halides is 1. The van der Waals surface area contributed by atoms with Crippen molar-refractivity contribution in [3.05, 3.63) is 29.3 Å². The lowest BCUT2D eigenvalue weighted by Gasteiger charge is -2.27. The molecule has 144 valence electrons. The van der Waals surface area contributed by atoms with Crippen LogP contribution in [0.25, 0.3) is 0 Å². The van der Waals surface area contributed by atoms with E-state index in [-0.39, 0.29) is 29.9 Å². The number of fused-ring (bicyclic) bond motifs is 1. The first-order valence-electron chi connectivity index (χ1n) is 9.08. The van der Waals surface area contributed by atoms with E-state index in [1.54, 1.807) is 18.2 Å². The molecule has 0 saturated carbocycles. The summed E-state index contributed by atoms with van der Waals surface area (Å²) in [6.07, 6.45) is 4.48. The lowest BCUT2D eigenvalue weighted by molar-refractivity contribution is -0.136. The number of hydrogen-bond donors (Lipinski definition) is 1. The molecule has 1 unspecified atom stereocenters. The highest BCUT2D eigenvalue weighted by Crippen LogP contribution is 2.33. The summed E-state index contributed by atoms with van der Waals surface area (Å²) in [7, 11) is 0. The second-order valence-electron chi connectivity index (χ2n) is 6.58. The van der Waals surface area contributed by atoms with Crippen molar-refractivity contribution in [2.45, 2.75) is 44.6 Å². The maximum absolute atomic E-state index is 12.9. The van der Waals surface area contributed by atoms with E-state index < -0.39 is 23.8 Å². The van der Waals surface area contributed by atoms with Gasteiger partial charge >= 0.3 is 0 Å². The van der Waals surface area contributed by atoms with Crippen LogP contribution in [-0.4, -0.2) is 45.6 Å². The molecule has 7 nitrogen and oxygen atoms in total. The van der Waals surface area contributed by atoms with E-state index in [0.717, 1.165) is 28.6 Å². The van der Waals surface area contributed by atoms with Crippen LogP contribution in [0.4, 0.5) is 0 Å². The van der Waals surface area contributed by atoms with Gasteiger partial charge in [0.25, 0.3) is 11.8 Å². The van der Waals surface area contributed by atoms with E-state index >= 15 is 0 Å². The van der Waals surface area contributed by atoms with Gasteiger partial charge in [-0.2, -0.15) is 0 Å². The molecule has 1 saturated heterocycles. The van der Waals surface area contributed by atoms with Gasteiger partial charge in [0.2, 0.25) is 11.8 Å². The number of ether oxygens (including phenoxy) is 1. The number of imide groups is 2. The first-order valence-corrected chi connectivity index (χ1v) is 10.6. The highest BCUT2D eigenvalue weighted by Gasteiger charge is 2.45. The Morgan fingerprint density at radius 1 is 1.07 bits per heavy atom. The van der Waals surface area contributed by atoms with Crippen molar-refractivity contribution in [3.8, 4) is 5.75 Å². The summed E-state index contributed by atoms with van der Waals surface area (Å²) in [4.78, 5) is 50.0. The van der Waals surface area contributed by atoms with E-state index in [1.165, 1.54) is 6.42 Å². The summed E-state index contributed by atoms with van der Waals surface area (Å²) in [5.41, 5.74) is 0.451. The predicted molar refractivity (Wildman–Crippen MR) is 106 cm³/mol. The summed E-state index contributed by atoms with van der Waals surface area (Å²) < 4.78 is 6.91. The summed E-state index contributed by atoms with van der Waals surface area (Å²) in [6, 6.07) is 3.94. The van der Waals surface area contributed by atoms with Crippen LogP contribution in [0.3, 0.4) is 0 Å². The van der Waals surface area contributed by atoms with Crippen LogP contribution < -0.4 is 10.1 Å². The van der Waals surface area contributed by atoms with Crippen molar-refractivity contribution in [1.82, 2.24) is 10.2 Å². The van der Waals surface area contributed by atoms with Crippen LogP contribution in [0, 0.1) is 0 Å². The van der Waals surface area contributed by atoms with Gasteiger partial charge in [-0.05, 0) is 35.8 Å². The first-order chi connectivity index (χ1) is 13.0. The van der Waals surface area contributed by atoms with Gasteiger partial charge in [0.1, 0.15) is 11.8 Å². The van der Waals surface area contributed by atoms with Crippen LogP contribution in [0.5, 0.6) is 5.75 Å². The monoisotopic (exact) mass is 484 g/mol. The molecule has 2 aliphatic heterocycles. The van der Waals surface area contributed by atoms with Crippen LogP contribution >= 0.6 is 22.6 Å². The summed E-state index contributed by atoms with van der Waals surface area (Å²) >= 11 is 2.35. The van der Waals surface area contributed by atoms with Gasteiger partial charge in [0.15, 0.2) is 0 Å². The SMILES string of the molecule is O=C1CCC(N2C(=O)c3cccc(OCCCCCCI)c3C2=O)C(=O)N1. The first kappa shape index (κ1) is 19.8. The fraction of sp³-hybridized carbons (Fsp3) is 0.474. The van der Waals surface area contributed by atoms with Gasteiger partial charge in [-0.25, -0.2) is 0 Å². The van der Waals surface area contributed by atoms with E-state index in [9.17, 15) is 19.2 Å². The number of rotatable bonds is 8. The lowest BCUT2D eigenvalue weighted by Crippen LogP contribution is -2.54. The molecule has 1 aromatic rings. The molecule has 1 fully saturated rings. The fourth-order valence-corrected chi connectivity index (χ4v) is 3.88. The van der Waals surface area contributed by atoms with E-state index in [2.05, 4.69) is 27.9 Å². The third-order valence-corrected chi connectivity index (χ3v) is 5.48. The van der Waals surface area contributed by atoms with Gasteiger partial charge in [-0.3, -0.25) is 29.4 Å². The molecule has 2 aliphatic rings. The molecule has 1 atom stereocenters. The Balaban J connectivity index is 1.72. The van der Waals surface area contributed by atoms with Gasteiger partial charge in [0, 0.05) is 6.42 Å². The number of nitrogens with one attached hydrogen (secondary N) is 1. The molecule has 1 N–H and O–H groups in total. The zero-order chi connectivity index (χ0) is 19.4. The van der Waals surface area contributed by atoms with Crippen LogP contribution in [0.1, 0.15) is 59.2 Å². The Morgan fingerprint density at radius 2 is 1.85 bits per heavy atom. The fourth-order valence-electron chi connectivity index (χ4n) is 3.34. The predicted octanol–water partition coefficient (Wildman–Crippen LogP) is 2.46. The molecule has 27 heavy (non-hydrogen) atoms. The number of halogens is 1. The minimum atomic E-state index is -0.962. The number of amides is 4. The van der Waals surface area contributed by atoms with Crippen LogP contribution in [0.15, 0.2) is 18.2 Å². The highest BCUT2D eigenvalue weighted by molar-refractivity contribution is 14.1. The van der Waals surface area contributed by atoms with Crippen molar-refractivity contribution in [1.29, 1.82) is 0 Å². The van der Waals surface area contributed by atoms with Crippen molar-refractivity contribution < 1.29 is 23.9 Å². The average molecular weight is 484 g/mol. The van der Waals surface area contributed by atoms with Gasteiger partial charge < -0.3 is 4.74 Å². The third-order valence-electron chi connectivity index (χ3n) is 4.72. The maximum Gasteiger partial charge on any atom is 0.266 e. The Bertz CT molecular complexity index is 779. The molecule has 3 rings (SSSR count). The van der Waals surface area contributed by atoms with Crippen LogP contribution in [0.2, 0.25) is 0 Å². The number of benzene rings is 1. The maximum atomic E-state index is 12.9. The summed E-state index contributed by atoms with van der Waals surface area (Å²) in [5, 5.41) is 2.19. The molecule has 0 aliphatic carbocycles. The normalized spacial score (nSPS) is 19.3. The van der Waals surface area contributed by atoms with Crippen LogP contribution in [-0.2, 0) is 9.59 Å². The molecule has 0 bridgehead atoms. The van der Waals surface area contributed by atoms with E-state index in [0.29, 0.717) is 12.4 Å². The zero-order valence-electron chi connectivity index (χ0n) is 14.8. The molecule has 4 amide bonds. The smallest absolute Gasteiger partial charge is 0.266 e. The average Bonchev–Trinajstić information content (AvgIpc) is 2.90. The largest absolute Gasteiger partial charge is 0.493 e. The summed E-state index contributed by atoms with van der Waals surface area (Å²) in [6.45, 7) is 0.470. The third kappa shape index (κ3) is 4.15. The molecule has 2 heterocycles. The minimum Gasteiger partial charge on any atom is -0.493 e. The molecule has 0 spiro atoms. The van der Waals surface area contributed by atoms with Crippen molar-refractivity contribution in [3.63, 3.8) is 0 Å². The number of unbranched alkanes of at least 4 members (excludes halogenated alkanes) is 3. The van der Waals surface area contributed by atoms with Gasteiger partial charge in [-0.1, -0.05) is 41.5 Å². The second kappa shape index (κ2) is 8.81. The number of nitrogens with zero attached hydrogens (tertiary/aromatic N) is 1. The molecule has 0 aromatic heterocycles. The Labute approximate surface area is 170 Å². The standard InChI is InChI=1S/C19H21IN2O5/c20-10-3-1-2-4-11-27-14-7-5-6-12-16(14)19(26)22(18(12)25)13-8-9-15(23)21-17(13)24/h5-7,13H,1-4,8-11H2,(H,21,23,24). The van der Waals surface area contributed by atoms with Gasteiger partial charge in [-0.15, -0.1) is 0 Å². The van der Waals surface area contributed by atoms with Crippen molar-refractivity contribution >= 4 is 46.2 Å². The number of hydrogen-bond acceptors (Lipinski definition) is 5. The van der Waals surface area contributed by atoms with Crippen molar-refractivity contribution in [2.24, 2.45) is 0 Å². The second-order valence-corrected chi connectivity index (χ2v) is 7.66. The molecular formula is C19H21IN2O5. The van der Waals surface area contributed by atoms with Crippen molar-refractivity contribution in [2.75, 3.05) is 11.0 Å². The number of carbonyl (C=O) groups is 4. The quantitative estimate of drug-likeness (QED) is 0.265. The topological polar surface area (TPSA) is 92.8 Å². The van der Waals surface area contributed by atoms with Gasteiger partial charge in [0.05, 0.1) is 17.7 Å². The number of carbonyl (C=O) groups excluding carboxylic acids is 4.